The number of carbonyl (C=O) groups excluding carboxylic acids is 1. The Labute approximate surface area is 167 Å². The molecule has 1 aliphatic rings. The molecule has 0 aliphatic carbocycles. The average molecular weight is 397 g/mol. The molecule has 0 aromatic carbocycles. The molecule has 0 bridgehead atoms. The van der Waals surface area contributed by atoms with Gasteiger partial charge in [-0.1, -0.05) is 12.5 Å². The zero-order valence-electron chi connectivity index (χ0n) is 16.4. The quantitative estimate of drug-likeness (QED) is 0.667. The molecule has 0 saturated heterocycles. The molecule has 4 rings (SSSR count). The van der Waals surface area contributed by atoms with Crippen molar-refractivity contribution in [1.29, 1.82) is 0 Å². The first-order chi connectivity index (χ1) is 13.5. The molecular weight excluding hydrogens is 372 g/mol. The largest absolute Gasteiger partial charge is 0.296 e. The number of carbonyl (C=O) groups is 1. The summed E-state index contributed by atoms with van der Waals surface area (Å²) in [5.74, 6) is 0.679. The van der Waals surface area contributed by atoms with E-state index in [1.807, 2.05) is 39.0 Å². The second-order valence-electron chi connectivity index (χ2n) is 7.49. The number of thiophene rings is 1. The molecule has 0 fully saturated rings. The lowest BCUT2D eigenvalue weighted by Gasteiger charge is -2.08. The van der Waals surface area contributed by atoms with Crippen LogP contribution in [0.2, 0.25) is 0 Å². The van der Waals surface area contributed by atoms with Crippen LogP contribution in [0, 0.1) is 6.92 Å². The molecule has 1 aliphatic heterocycles. The highest BCUT2D eigenvalue weighted by Gasteiger charge is 2.23. The van der Waals surface area contributed by atoms with Crippen molar-refractivity contribution in [2.45, 2.75) is 59.0 Å². The molecule has 4 heterocycles. The average Bonchev–Trinajstić information content (AvgIpc) is 2.83. The lowest BCUT2D eigenvalue weighted by molar-refractivity contribution is 0.0958. The maximum absolute atomic E-state index is 13.3. The maximum atomic E-state index is 13.3. The molecule has 0 spiro atoms. The highest BCUT2D eigenvalue weighted by atomic mass is 32.1. The third-order valence-corrected chi connectivity index (χ3v) is 6.23. The molecule has 3 aromatic rings. The standard InChI is InChI=1S/C21H24N4O2S/c1-13(2)22-15-10-6-8-12-25(15)21(27)18-14(3)17-19(28-18)23-16-9-5-4-7-11-24(16)20(17)26/h6,8,10,12-13H,4-5,7,9,11H2,1-3H3. The van der Waals surface area contributed by atoms with Gasteiger partial charge in [0.05, 0.1) is 10.3 Å². The van der Waals surface area contributed by atoms with E-state index < -0.39 is 0 Å². The Morgan fingerprint density at radius 1 is 1.25 bits per heavy atom. The van der Waals surface area contributed by atoms with E-state index in [1.54, 1.807) is 15.3 Å². The number of fused-ring (bicyclic) bond motifs is 2. The maximum Gasteiger partial charge on any atom is 0.273 e. The fourth-order valence-electron chi connectivity index (χ4n) is 3.70. The molecule has 0 saturated carbocycles. The van der Waals surface area contributed by atoms with E-state index in [-0.39, 0.29) is 17.5 Å². The van der Waals surface area contributed by atoms with Gasteiger partial charge < -0.3 is 0 Å². The van der Waals surface area contributed by atoms with Gasteiger partial charge in [-0.3, -0.25) is 23.7 Å². The number of aromatic nitrogens is 3. The normalized spacial score (nSPS) is 15.1. The van der Waals surface area contributed by atoms with Crippen LogP contribution in [0.1, 0.15) is 54.2 Å². The van der Waals surface area contributed by atoms with E-state index in [4.69, 9.17) is 4.98 Å². The van der Waals surface area contributed by atoms with Crippen LogP contribution < -0.4 is 11.0 Å². The highest BCUT2D eigenvalue weighted by molar-refractivity contribution is 7.20. The molecule has 28 heavy (non-hydrogen) atoms. The van der Waals surface area contributed by atoms with Crippen LogP contribution in [0.5, 0.6) is 0 Å². The Morgan fingerprint density at radius 3 is 2.86 bits per heavy atom. The molecule has 0 N–H and O–H groups in total. The second-order valence-corrected chi connectivity index (χ2v) is 8.49. The predicted molar refractivity (Wildman–Crippen MR) is 111 cm³/mol. The second kappa shape index (κ2) is 7.47. The van der Waals surface area contributed by atoms with Crippen LogP contribution in [0.15, 0.2) is 34.2 Å². The van der Waals surface area contributed by atoms with E-state index in [9.17, 15) is 9.59 Å². The minimum absolute atomic E-state index is 0.0140. The Balaban J connectivity index is 1.90. The summed E-state index contributed by atoms with van der Waals surface area (Å²) in [6, 6.07) is 5.59. The Bertz CT molecular complexity index is 1180. The van der Waals surface area contributed by atoms with E-state index in [0.717, 1.165) is 31.5 Å². The summed E-state index contributed by atoms with van der Waals surface area (Å²) in [6.45, 7) is 6.51. The third-order valence-electron chi connectivity index (χ3n) is 5.05. The van der Waals surface area contributed by atoms with Crippen LogP contribution in [0.4, 0.5) is 0 Å². The van der Waals surface area contributed by atoms with Gasteiger partial charge in [-0.25, -0.2) is 4.98 Å². The molecule has 146 valence electrons. The van der Waals surface area contributed by atoms with E-state index in [1.165, 1.54) is 11.3 Å². The summed E-state index contributed by atoms with van der Waals surface area (Å²) in [5, 5.41) is 0.581. The van der Waals surface area contributed by atoms with Gasteiger partial charge in [0.2, 0.25) is 0 Å². The van der Waals surface area contributed by atoms with Crippen LogP contribution in [0.3, 0.4) is 0 Å². The van der Waals surface area contributed by atoms with Crippen LogP contribution in [-0.4, -0.2) is 26.1 Å². The fraction of sp³-hybridized carbons (Fsp3) is 0.429. The van der Waals surface area contributed by atoms with Crippen molar-refractivity contribution in [2.24, 2.45) is 4.99 Å². The van der Waals surface area contributed by atoms with Gasteiger partial charge in [-0.05, 0) is 51.3 Å². The number of aryl methyl sites for hydroxylation is 2. The van der Waals surface area contributed by atoms with Crippen molar-refractivity contribution >= 4 is 27.5 Å². The summed E-state index contributed by atoms with van der Waals surface area (Å²) in [4.78, 5) is 37.0. The molecule has 0 radical (unpaired) electrons. The summed E-state index contributed by atoms with van der Waals surface area (Å²) in [6.07, 6.45) is 5.70. The minimum atomic E-state index is -0.167. The fourth-order valence-corrected chi connectivity index (χ4v) is 4.83. The van der Waals surface area contributed by atoms with Crippen LogP contribution in [0.25, 0.3) is 10.2 Å². The van der Waals surface area contributed by atoms with Crippen molar-refractivity contribution in [1.82, 2.24) is 14.1 Å². The minimum Gasteiger partial charge on any atom is -0.296 e. The SMILES string of the molecule is Cc1c(C(=O)n2ccccc2=NC(C)C)sc2nc3n(c(=O)c12)CCCCC3. The van der Waals surface area contributed by atoms with Crippen LogP contribution in [-0.2, 0) is 13.0 Å². The zero-order valence-corrected chi connectivity index (χ0v) is 17.3. The molecule has 0 amide bonds. The van der Waals surface area contributed by atoms with Gasteiger partial charge in [-0.2, -0.15) is 0 Å². The Morgan fingerprint density at radius 2 is 2.07 bits per heavy atom. The lowest BCUT2D eigenvalue weighted by atomic mass is 10.2. The first kappa shape index (κ1) is 18.8. The smallest absolute Gasteiger partial charge is 0.273 e. The molecule has 3 aromatic heterocycles. The monoisotopic (exact) mass is 396 g/mol. The van der Waals surface area contributed by atoms with Crippen molar-refractivity contribution in [2.75, 3.05) is 0 Å². The van der Waals surface area contributed by atoms with Crippen molar-refractivity contribution in [3.63, 3.8) is 0 Å². The van der Waals surface area contributed by atoms with Crippen molar-refractivity contribution < 1.29 is 4.79 Å². The predicted octanol–water partition coefficient (Wildman–Crippen LogP) is 3.29. The number of hydrogen-bond acceptors (Lipinski definition) is 5. The lowest BCUT2D eigenvalue weighted by Crippen LogP contribution is -2.28. The number of nitrogens with zero attached hydrogens (tertiary/aromatic N) is 4. The summed E-state index contributed by atoms with van der Waals surface area (Å²) < 4.78 is 3.36. The summed E-state index contributed by atoms with van der Waals surface area (Å²) >= 11 is 1.31. The topological polar surface area (TPSA) is 69.2 Å². The number of pyridine rings is 1. The molecule has 7 heteroatoms. The summed E-state index contributed by atoms with van der Waals surface area (Å²) in [5.41, 5.74) is 1.31. The van der Waals surface area contributed by atoms with Gasteiger partial charge in [0, 0.05) is 25.2 Å². The van der Waals surface area contributed by atoms with Gasteiger partial charge in [-0.15, -0.1) is 11.3 Å². The van der Waals surface area contributed by atoms with Crippen LogP contribution >= 0.6 is 11.3 Å². The Kier molecular flexibility index (Phi) is 5.02. The van der Waals surface area contributed by atoms with Gasteiger partial charge in [0.15, 0.2) is 0 Å². The number of rotatable bonds is 2. The number of hydrogen-bond donors (Lipinski definition) is 0. The zero-order chi connectivity index (χ0) is 19.8. The van der Waals surface area contributed by atoms with Gasteiger partial charge in [0.25, 0.3) is 11.5 Å². The van der Waals surface area contributed by atoms with Crippen molar-refractivity contribution in [3.8, 4) is 0 Å². The highest BCUT2D eigenvalue weighted by Crippen LogP contribution is 2.28. The molecular formula is C21H24N4O2S. The van der Waals surface area contributed by atoms with Gasteiger partial charge in [0.1, 0.15) is 16.1 Å². The first-order valence-electron chi connectivity index (χ1n) is 9.76. The Hall–Kier alpha value is -2.54. The van der Waals surface area contributed by atoms with E-state index in [0.29, 0.717) is 32.7 Å². The van der Waals surface area contributed by atoms with E-state index >= 15 is 0 Å². The third kappa shape index (κ3) is 3.24. The van der Waals surface area contributed by atoms with E-state index in [2.05, 4.69) is 4.99 Å². The first-order valence-corrected chi connectivity index (χ1v) is 10.6. The summed E-state index contributed by atoms with van der Waals surface area (Å²) in [7, 11) is 0. The van der Waals surface area contributed by atoms with Gasteiger partial charge >= 0.3 is 0 Å². The molecule has 0 unspecified atom stereocenters. The molecule has 0 atom stereocenters. The molecule has 6 nitrogen and oxygen atoms in total. The van der Waals surface area contributed by atoms with Crippen molar-refractivity contribution in [3.05, 3.63) is 56.5 Å².